The van der Waals surface area contributed by atoms with E-state index in [4.69, 9.17) is 0 Å². The summed E-state index contributed by atoms with van der Waals surface area (Å²) >= 11 is 0. The summed E-state index contributed by atoms with van der Waals surface area (Å²) in [5, 5.41) is 12.8. The van der Waals surface area contributed by atoms with Crippen molar-refractivity contribution < 1.29 is 18.0 Å². The van der Waals surface area contributed by atoms with E-state index in [1.54, 1.807) is 54.2 Å². The lowest BCUT2D eigenvalue weighted by Gasteiger charge is -2.32. The Morgan fingerprint density at radius 1 is 1.34 bits per heavy atom. The molecule has 0 aromatic heterocycles. The number of carbonyl (C=O) groups is 1. The molecule has 4 atom stereocenters. The predicted octanol–water partition coefficient (Wildman–Crippen LogP) is 6.00. The maximum absolute atomic E-state index is 13.7. The Morgan fingerprint density at radius 3 is 2.47 bits per heavy atom. The maximum Gasteiger partial charge on any atom is 0.395 e. The molecular formula is C29H42F3N5O. The van der Waals surface area contributed by atoms with Gasteiger partial charge in [0.15, 0.2) is 5.84 Å². The fraction of sp³-hybridized carbons (Fsp3) is 0.552. The highest BCUT2D eigenvalue weighted by molar-refractivity contribution is 6.38. The number of nitrogens with one attached hydrogen (secondary N) is 1. The van der Waals surface area contributed by atoms with Crippen molar-refractivity contribution in [1.82, 2.24) is 15.1 Å². The van der Waals surface area contributed by atoms with Gasteiger partial charge >= 0.3 is 6.18 Å². The van der Waals surface area contributed by atoms with E-state index in [-0.39, 0.29) is 29.5 Å². The smallest absolute Gasteiger partial charge is 0.335 e. The van der Waals surface area contributed by atoms with Gasteiger partial charge in [-0.1, -0.05) is 44.2 Å². The van der Waals surface area contributed by atoms with Crippen LogP contribution in [0.2, 0.25) is 0 Å². The first-order valence-electron chi connectivity index (χ1n) is 12.8. The van der Waals surface area contributed by atoms with Crippen LogP contribution in [0.1, 0.15) is 48.0 Å². The highest BCUT2D eigenvalue weighted by Crippen LogP contribution is 2.36. The molecule has 0 aromatic rings. The van der Waals surface area contributed by atoms with E-state index in [1.165, 1.54) is 7.05 Å². The quantitative estimate of drug-likeness (QED) is 0.123. The molecule has 2 unspecified atom stereocenters. The van der Waals surface area contributed by atoms with Gasteiger partial charge in [-0.3, -0.25) is 9.79 Å². The second-order valence-electron chi connectivity index (χ2n) is 9.92. The minimum Gasteiger partial charge on any atom is -0.335 e. The van der Waals surface area contributed by atoms with Gasteiger partial charge in [0.1, 0.15) is 6.07 Å². The molecule has 1 heterocycles. The van der Waals surface area contributed by atoms with Crippen LogP contribution < -0.4 is 5.32 Å². The first-order chi connectivity index (χ1) is 17.8. The number of likely N-dealkylation sites (tertiary alicyclic amines) is 1. The average Bonchev–Trinajstić information content (AvgIpc) is 3.17. The molecule has 0 spiro atoms. The van der Waals surface area contributed by atoms with Gasteiger partial charge in [-0.15, -0.1) is 6.58 Å². The van der Waals surface area contributed by atoms with Gasteiger partial charge in [0, 0.05) is 50.0 Å². The Hall–Kier alpha value is -3.12. The first-order valence-corrected chi connectivity index (χ1v) is 12.8. The summed E-state index contributed by atoms with van der Waals surface area (Å²) in [6, 6.07) is 1.63. The Morgan fingerprint density at radius 2 is 2.00 bits per heavy atom. The molecule has 38 heavy (non-hydrogen) atoms. The molecule has 0 saturated carbocycles. The van der Waals surface area contributed by atoms with Crippen LogP contribution in [0, 0.1) is 28.6 Å². The standard InChI is InChI=1S/C29H42F3N5O/c1-9-13-23(16-33)18-37(22(6)11-3)26(34-8)27(38)36-17-21(5)28(7,20-36)19-35-25(14-10-2)15-24(12-4)29(30,31)32/h9-14,18,21,24-25,35H,4,15,17,19-20H2,1-3,5-8H3/b13-9-,14-10-,22-11-,23-18+,34-26?/t21-,24?,25?,28+/m0/s1. The van der Waals surface area contributed by atoms with E-state index < -0.39 is 18.1 Å². The predicted molar refractivity (Wildman–Crippen MR) is 148 cm³/mol. The second-order valence-corrected chi connectivity index (χ2v) is 9.92. The van der Waals surface area contributed by atoms with E-state index in [1.807, 2.05) is 33.8 Å². The number of hydrogen-bond donors (Lipinski definition) is 1. The summed E-state index contributed by atoms with van der Waals surface area (Å²) < 4.78 is 40.0. The average molecular weight is 534 g/mol. The van der Waals surface area contributed by atoms with E-state index in [0.29, 0.717) is 25.2 Å². The molecule has 1 amide bonds. The zero-order chi connectivity index (χ0) is 29.1. The zero-order valence-corrected chi connectivity index (χ0v) is 23.6. The summed E-state index contributed by atoms with van der Waals surface area (Å²) in [7, 11) is 1.54. The first kappa shape index (κ1) is 32.9. The van der Waals surface area contributed by atoms with Gasteiger partial charge in [-0.2, -0.15) is 18.4 Å². The number of hydrogen-bond acceptors (Lipinski definition) is 4. The third-order valence-electron chi connectivity index (χ3n) is 7.10. The van der Waals surface area contributed by atoms with Crippen LogP contribution >= 0.6 is 0 Å². The van der Waals surface area contributed by atoms with E-state index in [0.717, 1.165) is 11.8 Å². The molecule has 1 saturated heterocycles. The number of allylic oxidation sites excluding steroid dienone is 7. The minimum atomic E-state index is -4.35. The largest absolute Gasteiger partial charge is 0.395 e. The molecule has 0 aromatic carbocycles. The molecule has 0 aliphatic carbocycles. The number of amides is 1. The zero-order valence-electron chi connectivity index (χ0n) is 23.6. The molecule has 1 fully saturated rings. The third kappa shape index (κ3) is 8.73. The Kier molecular flexibility index (Phi) is 12.7. The van der Waals surface area contributed by atoms with Crippen LogP contribution in [0.4, 0.5) is 13.2 Å². The summed E-state index contributed by atoms with van der Waals surface area (Å²) in [6.07, 6.45) is 6.76. The monoisotopic (exact) mass is 533 g/mol. The summed E-state index contributed by atoms with van der Waals surface area (Å²) in [6.45, 7) is 16.0. The van der Waals surface area contributed by atoms with Crippen LogP contribution in [0.25, 0.3) is 0 Å². The number of aliphatic imine (C=N–C) groups is 1. The fourth-order valence-electron chi connectivity index (χ4n) is 4.40. The van der Waals surface area contributed by atoms with Gasteiger partial charge < -0.3 is 15.1 Å². The van der Waals surface area contributed by atoms with Crippen molar-refractivity contribution in [2.45, 2.75) is 60.2 Å². The van der Waals surface area contributed by atoms with Crippen molar-refractivity contribution >= 4 is 11.7 Å². The Labute approximate surface area is 226 Å². The van der Waals surface area contributed by atoms with Crippen molar-refractivity contribution in [1.29, 1.82) is 5.26 Å². The maximum atomic E-state index is 13.7. The molecule has 0 bridgehead atoms. The lowest BCUT2D eigenvalue weighted by atomic mass is 9.80. The van der Waals surface area contributed by atoms with Crippen molar-refractivity contribution in [2.24, 2.45) is 22.2 Å². The van der Waals surface area contributed by atoms with Gasteiger partial charge in [-0.25, -0.2) is 0 Å². The molecule has 9 heteroatoms. The van der Waals surface area contributed by atoms with Crippen molar-refractivity contribution in [3.63, 3.8) is 0 Å². The van der Waals surface area contributed by atoms with E-state index >= 15 is 0 Å². The molecular weight excluding hydrogens is 491 g/mol. The molecule has 6 nitrogen and oxygen atoms in total. The summed E-state index contributed by atoms with van der Waals surface area (Å²) in [5.74, 6) is -1.60. The van der Waals surface area contributed by atoms with Crippen LogP contribution in [0.5, 0.6) is 0 Å². The number of halogens is 3. The molecule has 1 rings (SSSR count). The molecule has 1 N–H and O–H groups in total. The van der Waals surface area contributed by atoms with Crippen LogP contribution in [-0.2, 0) is 4.79 Å². The van der Waals surface area contributed by atoms with Gasteiger partial charge in [0.25, 0.3) is 5.91 Å². The molecule has 0 radical (unpaired) electrons. The third-order valence-corrected chi connectivity index (χ3v) is 7.10. The molecule has 1 aliphatic heterocycles. The van der Waals surface area contributed by atoms with Gasteiger partial charge in [-0.05, 0) is 46.1 Å². The molecule has 210 valence electrons. The Bertz CT molecular complexity index is 1020. The summed E-state index contributed by atoms with van der Waals surface area (Å²) in [4.78, 5) is 21.3. The summed E-state index contributed by atoms with van der Waals surface area (Å²) in [5.41, 5.74) is 0.747. The lowest BCUT2D eigenvalue weighted by molar-refractivity contribution is -0.163. The van der Waals surface area contributed by atoms with Crippen LogP contribution in [0.15, 0.2) is 65.5 Å². The van der Waals surface area contributed by atoms with E-state index in [9.17, 15) is 23.2 Å². The fourth-order valence-corrected chi connectivity index (χ4v) is 4.40. The highest BCUT2D eigenvalue weighted by Gasteiger charge is 2.44. The van der Waals surface area contributed by atoms with Crippen molar-refractivity contribution in [3.05, 3.63) is 60.5 Å². The minimum absolute atomic E-state index is 0.0885. The highest BCUT2D eigenvalue weighted by atomic mass is 19.4. The van der Waals surface area contributed by atoms with Gasteiger partial charge in [0.05, 0.1) is 11.5 Å². The number of carbonyl (C=O) groups excluding carboxylic acids is 1. The number of amidine groups is 1. The SMILES string of the molecule is C=CC(CC(/C=C\C)NC[C@]1(C)CN(C(=O)C(=NC)N(/C=C(C#N)\C=C/C)/C(C)=C\C)C[C@@H]1C)C(F)(F)F. The lowest BCUT2D eigenvalue weighted by Crippen LogP contribution is -2.45. The normalized spacial score (nSPS) is 23.1. The van der Waals surface area contributed by atoms with Crippen molar-refractivity contribution in [2.75, 3.05) is 26.7 Å². The number of rotatable bonds is 10. The number of nitrogens with zero attached hydrogens (tertiary/aromatic N) is 4. The molecule has 1 aliphatic rings. The van der Waals surface area contributed by atoms with E-state index in [2.05, 4.69) is 23.0 Å². The number of nitriles is 1. The Balaban J connectivity index is 3.14. The topological polar surface area (TPSA) is 71.7 Å². The van der Waals surface area contributed by atoms with Crippen LogP contribution in [-0.4, -0.2) is 60.4 Å². The second kappa shape index (κ2) is 14.7. The van der Waals surface area contributed by atoms with Crippen molar-refractivity contribution in [3.8, 4) is 6.07 Å². The van der Waals surface area contributed by atoms with Gasteiger partial charge in [0.2, 0.25) is 0 Å². The van der Waals surface area contributed by atoms with Crippen LogP contribution in [0.3, 0.4) is 0 Å². The number of alkyl halides is 3.